The van der Waals surface area contributed by atoms with Gasteiger partial charge in [-0.1, -0.05) is 36.9 Å². The van der Waals surface area contributed by atoms with Gasteiger partial charge in [-0.2, -0.15) is 0 Å². The van der Waals surface area contributed by atoms with E-state index in [9.17, 15) is 4.79 Å². The number of carbonyl (C=O) groups is 1. The third-order valence-corrected chi connectivity index (χ3v) is 4.65. The molecule has 4 rings (SSSR count). The van der Waals surface area contributed by atoms with Crippen LogP contribution in [0.25, 0.3) is 0 Å². The third-order valence-electron chi connectivity index (χ3n) is 4.65. The summed E-state index contributed by atoms with van der Waals surface area (Å²) in [6.45, 7) is 4.30. The SMILES string of the molecule is C=C[C@H]1OC(=O)N2c3ccc(OCc4ccccc4)cc3CC[C@@H]12. The first-order valence-electron chi connectivity index (χ1n) is 8.18. The first-order chi connectivity index (χ1) is 11.8. The Morgan fingerprint density at radius 2 is 2.08 bits per heavy atom. The number of benzene rings is 2. The van der Waals surface area contributed by atoms with E-state index in [0.717, 1.165) is 35.4 Å². The van der Waals surface area contributed by atoms with Crippen molar-refractivity contribution in [2.75, 3.05) is 4.90 Å². The molecule has 24 heavy (non-hydrogen) atoms. The summed E-state index contributed by atoms with van der Waals surface area (Å²) in [6.07, 6.45) is 2.98. The minimum absolute atomic E-state index is 0.0542. The lowest BCUT2D eigenvalue weighted by atomic mass is 9.93. The predicted molar refractivity (Wildman–Crippen MR) is 92.3 cm³/mol. The quantitative estimate of drug-likeness (QED) is 0.796. The summed E-state index contributed by atoms with van der Waals surface area (Å²) in [4.78, 5) is 13.9. The maximum atomic E-state index is 12.2. The third kappa shape index (κ3) is 2.54. The van der Waals surface area contributed by atoms with E-state index in [1.807, 2.05) is 48.5 Å². The van der Waals surface area contributed by atoms with Crippen LogP contribution in [0.1, 0.15) is 17.5 Å². The van der Waals surface area contributed by atoms with Crippen LogP contribution in [0.15, 0.2) is 61.2 Å². The van der Waals surface area contributed by atoms with Gasteiger partial charge in [0.2, 0.25) is 0 Å². The second kappa shape index (κ2) is 6.04. The number of anilines is 1. The van der Waals surface area contributed by atoms with E-state index in [-0.39, 0.29) is 18.2 Å². The number of aryl methyl sites for hydroxylation is 1. The fourth-order valence-electron chi connectivity index (χ4n) is 3.44. The molecule has 0 bridgehead atoms. The van der Waals surface area contributed by atoms with Crippen LogP contribution in [0.2, 0.25) is 0 Å². The van der Waals surface area contributed by atoms with Crippen LogP contribution < -0.4 is 9.64 Å². The first kappa shape index (κ1) is 14.8. The zero-order valence-electron chi connectivity index (χ0n) is 13.4. The number of ether oxygens (including phenoxy) is 2. The van der Waals surface area contributed by atoms with Crippen molar-refractivity contribution in [3.63, 3.8) is 0 Å². The van der Waals surface area contributed by atoms with Gasteiger partial charge in [0, 0.05) is 0 Å². The average molecular weight is 321 g/mol. The van der Waals surface area contributed by atoms with Crippen LogP contribution in [0, 0.1) is 0 Å². The molecule has 0 aromatic heterocycles. The number of cyclic esters (lactones) is 1. The maximum absolute atomic E-state index is 12.2. The van der Waals surface area contributed by atoms with Crippen LogP contribution >= 0.6 is 0 Å². The summed E-state index contributed by atoms with van der Waals surface area (Å²) in [5.74, 6) is 0.823. The predicted octanol–water partition coefficient (Wildman–Crippen LogP) is 4.09. The molecule has 122 valence electrons. The summed E-state index contributed by atoms with van der Waals surface area (Å²) in [7, 11) is 0. The van der Waals surface area contributed by atoms with E-state index in [1.165, 1.54) is 0 Å². The van der Waals surface area contributed by atoms with Gasteiger partial charge in [0.05, 0.1) is 11.7 Å². The van der Waals surface area contributed by atoms with Crippen LogP contribution in [0.3, 0.4) is 0 Å². The molecule has 2 aliphatic heterocycles. The molecule has 2 aromatic carbocycles. The number of carbonyl (C=O) groups excluding carboxylic acids is 1. The number of fused-ring (bicyclic) bond motifs is 3. The Balaban J connectivity index is 1.54. The second-order valence-corrected chi connectivity index (χ2v) is 6.12. The van der Waals surface area contributed by atoms with Crippen molar-refractivity contribution in [2.24, 2.45) is 0 Å². The fraction of sp³-hybridized carbons (Fsp3) is 0.250. The molecule has 0 aliphatic carbocycles. The molecule has 0 N–H and O–H groups in total. The molecule has 1 amide bonds. The summed E-state index contributed by atoms with van der Waals surface area (Å²) >= 11 is 0. The molecule has 0 unspecified atom stereocenters. The van der Waals surface area contributed by atoms with E-state index in [4.69, 9.17) is 9.47 Å². The number of amides is 1. The molecule has 0 saturated carbocycles. The minimum Gasteiger partial charge on any atom is -0.489 e. The lowest BCUT2D eigenvalue weighted by molar-refractivity contribution is 0.153. The number of rotatable bonds is 4. The standard InChI is InChI=1S/C20H19NO3/c1-2-19-18-10-8-15-12-16(23-13-14-6-4-3-5-7-14)9-11-17(15)21(18)20(22)24-19/h2-7,9,11-12,18-19H,1,8,10,13H2/t18-,19+/m0/s1. The Morgan fingerprint density at radius 3 is 2.88 bits per heavy atom. The van der Waals surface area contributed by atoms with Gasteiger partial charge in [-0.15, -0.1) is 0 Å². The molecule has 0 spiro atoms. The van der Waals surface area contributed by atoms with Crippen LogP contribution in [0.5, 0.6) is 5.75 Å². The summed E-state index contributed by atoms with van der Waals surface area (Å²) < 4.78 is 11.3. The van der Waals surface area contributed by atoms with Crippen molar-refractivity contribution in [1.29, 1.82) is 0 Å². The fourth-order valence-corrected chi connectivity index (χ4v) is 3.44. The molecule has 2 atom stereocenters. The average Bonchev–Trinajstić information content (AvgIpc) is 2.97. The van der Waals surface area contributed by atoms with E-state index in [0.29, 0.717) is 6.61 Å². The largest absolute Gasteiger partial charge is 0.489 e. The van der Waals surface area contributed by atoms with E-state index >= 15 is 0 Å². The van der Waals surface area contributed by atoms with Crippen molar-refractivity contribution >= 4 is 11.8 Å². The summed E-state index contributed by atoms with van der Waals surface area (Å²) in [6, 6.07) is 16.0. The molecule has 1 saturated heterocycles. The topological polar surface area (TPSA) is 38.8 Å². The lowest BCUT2D eigenvalue weighted by Crippen LogP contribution is -2.39. The normalized spacial score (nSPS) is 21.7. The van der Waals surface area contributed by atoms with Crippen molar-refractivity contribution < 1.29 is 14.3 Å². The highest BCUT2D eigenvalue weighted by molar-refractivity contribution is 5.92. The maximum Gasteiger partial charge on any atom is 0.415 e. The molecule has 4 nitrogen and oxygen atoms in total. The highest BCUT2D eigenvalue weighted by Crippen LogP contribution is 2.39. The molecule has 2 aliphatic rings. The van der Waals surface area contributed by atoms with Crippen molar-refractivity contribution in [2.45, 2.75) is 31.6 Å². The van der Waals surface area contributed by atoms with Gasteiger partial charge < -0.3 is 9.47 Å². The van der Waals surface area contributed by atoms with Gasteiger partial charge in [-0.25, -0.2) is 4.79 Å². The molecule has 4 heteroatoms. The summed E-state index contributed by atoms with van der Waals surface area (Å²) in [5.41, 5.74) is 3.18. The summed E-state index contributed by atoms with van der Waals surface area (Å²) in [5, 5.41) is 0. The van der Waals surface area contributed by atoms with Gasteiger partial charge >= 0.3 is 6.09 Å². The number of nitrogens with zero attached hydrogens (tertiary/aromatic N) is 1. The zero-order valence-corrected chi connectivity index (χ0v) is 13.4. The zero-order chi connectivity index (χ0) is 16.5. The van der Waals surface area contributed by atoms with Crippen LogP contribution in [-0.2, 0) is 17.8 Å². The van der Waals surface area contributed by atoms with Crippen molar-refractivity contribution in [3.05, 3.63) is 72.3 Å². The van der Waals surface area contributed by atoms with E-state index in [2.05, 4.69) is 6.58 Å². The number of hydrogen-bond donors (Lipinski definition) is 0. The van der Waals surface area contributed by atoms with Crippen LogP contribution in [-0.4, -0.2) is 18.2 Å². The lowest BCUT2D eigenvalue weighted by Gasteiger charge is -2.30. The molecule has 2 aromatic rings. The first-order valence-corrected chi connectivity index (χ1v) is 8.18. The highest BCUT2D eigenvalue weighted by Gasteiger charge is 2.43. The van der Waals surface area contributed by atoms with Gasteiger partial charge in [0.1, 0.15) is 18.5 Å². The van der Waals surface area contributed by atoms with Gasteiger partial charge in [0.15, 0.2) is 0 Å². The van der Waals surface area contributed by atoms with Crippen molar-refractivity contribution in [1.82, 2.24) is 0 Å². The smallest absolute Gasteiger partial charge is 0.415 e. The molecule has 2 heterocycles. The monoisotopic (exact) mass is 321 g/mol. The Bertz CT molecular complexity index is 772. The Labute approximate surface area is 141 Å². The van der Waals surface area contributed by atoms with Gasteiger partial charge in [0.25, 0.3) is 0 Å². The molecular weight excluding hydrogens is 302 g/mol. The van der Waals surface area contributed by atoms with Crippen molar-refractivity contribution in [3.8, 4) is 5.75 Å². The van der Waals surface area contributed by atoms with E-state index in [1.54, 1.807) is 11.0 Å². The van der Waals surface area contributed by atoms with Gasteiger partial charge in [-0.05, 0) is 48.2 Å². The Hall–Kier alpha value is -2.75. The molecular formula is C20H19NO3. The minimum atomic E-state index is -0.288. The highest BCUT2D eigenvalue weighted by atomic mass is 16.6. The van der Waals surface area contributed by atoms with Gasteiger partial charge in [-0.3, -0.25) is 4.90 Å². The second-order valence-electron chi connectivity index (χ2n) is 6.12. The molecule has 0 radical (unpaired) electrons. The van der Waals surface area contributed by atoms with E-state index < -0.39 is 0 Å². The Kier molecular flexibility index (Phi) is 3.73. The Morgan fingerprint density at radius 1 is 1.25 bits per heavy atom. The molecule has 1 fully saturated rings. The number of hydrogen-bond acceptors (Lipinski definition) is 3. The van der Waals surface area contributed by atoms with Crippen LogP contribution in [0.4, 0.5) is 10.5 Å².